The van der Waals surface area contributed by atoms with E-state index in [2.05, 4.69) is 49.8 Å². The summed E-state index contributed by atoms with van der Waals surface area (Å²) in [6.07, 6.45) is 2.84. The molecule has 1 heterocycles. The van der Waals surface area contributed by atoms with Crippen molar-refractivity contribution in [1.29, 1.82) is 0 Å². The van der Waals surface area contributed by atoms with Crippen molar-refractivity contribution in [2.75, 3.05) is 0 Å². The van der Waals surface area contributed by atoms with Crippen molar-refractivity contribution in [2.24, 2.45) is 15.4 Å². The zero-order chi connectivity index (χ0) is 14.2. The summed E-state index contributed by atoms with van der Waals surface area (Å²) in [6, 6.07) is 4.45. The molecule has 0 radical (unpaired) electrons. The van der Waals surface area contributed by atoms with Crippen LogP contribution in [-0.4, -0.2) is 17.6 Å². The summed E-state index contributed by atoms with van der Waals surface area (Å²) < 4.78 is 0. The minimum atomic E-state index is -0.245. The highest BCUT2D eigenvalue weighted by Crippen LogP contribution is 2.34. The van der Waals surface area contributed by atoms with Crippen LogP contribution >= 0.6 is 11.6 Å². The van der Waals surface area contributed by atoms with Gasteiger partial charge in [0.05, 0.1) is 0 Å². The molecule has 0 fully saturated rings. The van der Waals surface area contributed by atoms with Gasteiger partial charge >= 0.3 is 0 Å². The molecule has 19 heavy (non-hydrogen) atoms. The third kappa shape index (κ3) is 2.89. The van der Waals surface area contributed by atoms with Crippen molar-refractivity contribution in [3.05, 3.63) is 34.4 Å². The summed E-state index contributed by atoms with van der Waals surface area (Å²) in [6.45, 7) is 10.5. The molecule has 0 aromatic heterocycles. The number of aliphatic imine (C=N–C) groups is 2. The van der Waals surface area contributed by atoms with Crippen molar-refractivity contribution >= 4 is 23.7 Å². The second kappa shape index (κ2) is 5.09. The van der Waals surface area contributed by atoms with E-state index in [1.54, 1.807) is 0 Å². The summed E-state index contributed by atoms with van der Waals surface area (Å²) in [5.41, 5.74) is 4.85. The first-order valence-corrected chi connectivity index (χ1v) is 7.06. The van der Waals surface area contributed by atoms with Crippen LogP contribution in [-0.2, 0) is 6.42 Å². The molecule has 0 aliphatic carbocycles. The Morgan fingerprint density at radius 3 is 2.26 bits per heavy atom. The van der Waals surface area contributed by atoms with E-state index in [9.17, 15) is 0 Å². The van der Waals surface area contributed by atoms with Gasteiger partial charge in [-0.1, -0.05) is 36.2 Å². The summed E-state index contributed by atoms with van der Waals surface area (Å²) in [5.74, 6) is 0.759. The van der Waals surface area contributed by atoms with Crippen molar-refractivity contribution in [3.63, 3.8) is 0 Å². The van der Waals surface area contributed by atoms with Crippen LogP contribution in [0.3, 0.4) is 0 Å². The Balaban J connectivity index is 2.34. The number of benzene rings is 1. The molecule has 1 aromatic rings. The molecular formula is C16H21ClN2. The second-order valence-electron chi connectivity index (χ2n) is 5.83. The first-order valence-electron chi connectivity index (χ1n) is 6.62. The van der Waals surface area contributed by atoms with Gasteiger partial charge in [-0.25, -0.2) is 4.99 Å². The number of halogens is 1. The van der Waals surface area contributed by atoms with Crippen molar-refractivity contribution in [3.8, 4) is 0 Å². The molecule has 2 rings (SSSR count). The third-order valence-electron chi connectivity index (χ3n) is 3.79. The number of alkyl halides is 1. The smallest absolute Gasteiger partial charge is 0.136 e. The fourth-order valence-corrected chi connectivity index (χ4v) is 2.92. The second-order valence-corrected chi connectivity index (χ2v) is 6.24. The summed E-state index contributed by atoms with van der Waals surface area (Å²) >= 11 is 6.43. The molecule has 102 valence electrons. The maximum absolute atomic E-state index is 6.43. The Bertz CT molecular complexity index is 537. The maximum atomic E-state index is 6.43. The number of hydrogen-bond donors (Lipinski definition) is 0. The van der Waals surface area contributed by atoms with E-state index < -0.39 is 0 Å². The topological polar surface area (TPSA) is 24.7 Å². The SMILES string of the molecule is CC1=NC(Cl)C(C)(Cc2c(C)cc(C)cc2C)C=N1. The zero-order valence-electron chi connectivity index (χ0n) is 12.3. The predicted octanol–water partition coefficient (Wildman–Crippen LogP) is 4.23. The van der Waals surface area contributed by atoms with Crippen molar-refractivity contribution in [1.82, 2.24) is 0 Å². The highest BCUT2D eigenvalue weighted by molar-refractivity contribution is 6.23. The Morgan fingerprint density at radius 1 is 1.16 bits per heavy atom. The lowest BCUT2D eigenvalue weighted by Crippen LogP contribution is -2.35. The number of aryl methyl sites for hydroxylation is 3. The third-order valence-corrected chi connectivity index (χ3v) is 4.38. The van der Waals surface area contributed by atoms with Crippen LogP contribution < -0.4 is 0 Å². The molecule has 2 nitrogen and oxygen atoms in total. The average molecular weight is 277 g/mol. The lowest BCUT2D eigenvalue weighted by molar-refractivity contribution is 0.448. The van der Waals surface area contributed by atoms with Crippen LogP contribution in [0.1, 0.15) is 36.1 Å². The lowest BCUT2D eigenvalue weighted by atomic mass is 9.81. The van der Waals surface area contributed by atoms with Gasteiger partial charge in [0.2, 0.25) is 0 Å². The summed E-state index contributed by atoms with van der Waals surface area (Å²) in [7, 11) is 0. The Kier molecular flexibility index (Phi) is 3.82. The van der Waals surface area contributed by atoms with Crippen LogP contribution in [0, 0.1) is 26.2 Å². The molecule has 3 heteroatoms. The van der Waals surface area contributed by atoms with Crippen molar-refractivity contribution < 1.29 is 0 Å². The summed E-state index contributed by atoms with van der Waals surface area (Å²) in [4.78, 5) is 8.74. The first-order chi connectivity index (χ1) is 8.82. The van der Waals surface area contributed by atoms with Crippen LogP contribution in [0.5, 0.6) is 0 Å². The standard InChI is InChI=1S/C16H21ClN2/c1-10-6-11(2)14(12(3)7-10)8-16(5)9-18-13(4)19-15(16)17/h6-7,9,15H,8H2,1-5H3. The molecule has 1 aliphatic rings. The van der Waals surface area contributed by atoms with Crippen LogP contribution in [0.4, 0.5) is 0 Å². The normalized spacial score (nSPS) is 26.4. The molecule has 0 saturated heterocycles. The van der Waals surface area contributed by atoms with Crippen molar-refractivity contribution in [2.45, 2.75) is 46.5 Å². The molecule has 1 aromatic carbocycles. The number of nitrogens with zero attached hydrogens (tertiary/aromatic N) is 2. The Morgan fingerprint density at radius 2 is 1.74 bits per heavy atom. The lowest BCUT2D eigenvalue weighted by Gasteiger charge is -2.31. The highest BCUT2D eigenvalue weighted by Gasteiger charge is 2.34. The van der Waals surface area contributed by atoms with Gasteiger partial charge in [-0.2, -0.15) is 0 Å². The van der Waals surface area contributed by atoms with E-state index in [0.29, 0.717) is 0 Å². The van der Waals surface area contributed by atoms with E-state index in [1.165, 1.54) is 22.3 Å². The molecule has 0 bridgehead atoms. The average Bonchev–Trinajstić information content (AvgIpc) is 2.30. The number of amidine groups is 1. The van der Waals surface area contributed by atoms with Crippen LogP contribution in [0.15, 0.2) is 22.1 Å². The van der Waals surface area contributed by atoms with E-state index in [1.807, 2.05) is 13.1 Å². The van der Waals surface area contributed by atoms with Gasteiger partial charge in [0.25, 0.3) is 0 Å². The molecule has 0 saturated carbocycles. The van der Waals surface area contributed by atoms with E-state index in [4.69, 9.17) is 11.6 Å². The molecule has 2 unspecified atom stereocenters. The number of rotatable bonds is 2. The highest BCUT2D eigenvalue weighted by atomic mass is 35.5. The molecule has 2 atom stereocenters. The minimum absolute atomic E-state index is 0.216. The summed E-state index contributed by atoms with van der Waals surface area (Å²) in [5, 5.41) is 0. The van der Waals surface area contributed by atoms with E-state index in [0.717, 1.165) is 12.3 Å². The number of hydrogen-bond acceptors (Lipinski definition) is 2. The maximum Gasteiger partial charge on any atom is 0.136 e. The molecule has 1 aliphatic heterocycles. The quantitative estimate of drug-likeness (QED) is 0.570. The van der Waals surface area contributed by atoms with Crippen LogP contribution in [0.25, 0.3) is 0 Å². The Labute approximate surface area is 120 Å². The fourth-order valence-electron chi connectivity index (χ4n) is 2.65. The Hall–Kier alpha value is -1.15. The zero-order valence-corrected chi connectivity index (χ0v) is 13.0. The molecule has 0 amide bonds. The molecule has 0 spiro atoms. The fraction of sp³-hybridized carbons (Fsp3) is 0.500. The largest absolute Gasteiger partial charge is 0.250 e. The monoisotopic (exact) mass is 276 g/mol. The van der Waals surface area contributed by atoms with E-state index in [-0.39, 0.29) is 10.9 Å². The van der Waals surface area contributed by atoms with Gasteiger partial charge in [-0.05, 0) is 50.8 Å². The van der Waals surface area contributed by atoms with Crippen LogP contribution in [0.2, 0.25) is 0 Å². The van der Waals surface area contributed by atoms with Gasteiger partial charge in [0, 0.05) is 11.6 Å². The van der Waals surface area contributed by atoms with Gasteiger partial charge < -0.3 is 0 Å². The first kappa shape index (κ1) is 14.3. The van der Waals surface area contributed by atoms with E-state index >= 15 is 0 Å². The predicted molar refractivity (Wildman–Crippen MR) is 83.7 cm³/mol. The van der Waals surface area contributed by atoms with Gasteiger partial charge in [-0.15, -0.1) is 0 Å². The molecule has 0 N–H and O–H groups in total. The molecular weight excluding hydrogens is 256 g/mol. The van der Waals surface area contributed by atoms with Gasteiger partial charge in [-0.3, -0.25) is 4.99 Å². The minimum Gasteiger partial charge on any atom is -0.250 e. The van der Waals surface area contributed by atoms with Gasteiger partial charge in [0.1, 0.15) is 11.3 Å². The van der Waals surface area contributed by atoms with Gasteiger partial charge in [0.15, 0.2) is 0 Å².